The molecule has 0 saturated carbocycles. The number of alkyl halides is 3. The summed E-state index contributed by atoms with van der Waals surface area (Å²) in [5.41, 5.74) is 5.51. The fraction of sp³-hybridized carbons (Fsp3) is 0.231. The van der Waals surface area contributed by atoms with Crippen LogP contribution in [0.3, 0.4) is 0 Å². The Hall–Kier alpha value is -2.89. The van der Waals surface area contributed by atoms with Crippen molar-refractivity contribution in [3.05, 3.63) is 24.0 Å². The van der Waals surface area contributed by atoms with E-state index in [1.165, 1.54) is 19.2 Å². The summed E-state index contributed by atoms with van der Waals surface area (Å²) in [5, 5.41) is 10.8. The van der Waals surface area contributed by atoms with Crippen molar-refractivity contribution in [1.29, 1.82) is 0 Å². The Labute approximate surface area is 142 Å². The van der Waals surface area contributed by atoms with E-state index in [0.717, 1.165) is 11.3 Å². The van der Waals surface area contributed by atoms with Crippen LogP contribution in [0.25, 0.3) is 15.5 Å². The van der Waals surface area contributed by atoms with Crippen molar-refractivity contribution < 1.29 is 27.4 Å². The van der Waals surface area contributed by atoms with Crippen molar-refractivity contribution in [3.63, 3.8) is 0 Å². The van der Waals surface area contributed by atoms with Crippen LogP contribution in [0.1, 0.15) is 5.82 Å². The number of ether oxygens (including phenoxy) is 2. The van der Waals surface area contributed by atoms with E-state index in [9.17, 15) is 18.0 Å². The van der Waals surface area contributed by atoms with Crippen molar-refractivity contribution in [2.45, 2.75) is 6.18 Å². The van der Waals surface area contributed by atoms with Crippen LogP contribution in [0.4, 0.5) is 13.2 Å². The molecule has 0 spiro atoms. The van der Waals surface area contributed by atoms with Gasteiger partial charge in [-0.05, 0) is 18.2 Å². The number of hydrogen-bond donors (Lipinski definition) is 1. The minimum Gasteiger partial charge on any atom is -0.493 e. The molecule has 25 heavy (non-hydrogen) atoms. The van der Waals surface area contributed by atoms with Crippen molar-refractivity contribution in [1.82, 2.24) is 19.8 Å². The molecule has 3 rings (SSSR count). The van der Waals surface area contributed by atoms with Crippen LogP contribution in [-0.2, 0) is 11.0 Å². The summed E-state index contributed by atoms with van der Waals surface area (Å²) < 4.78 is 49.6. The molecule has 1 aromatic carbocycles. The molecule has 0 fully saturated rings. The summed E-state index contributed by atoms with van der Waals surface area (Å²) in [6, 6.07) is 4.59. The first-order valence-electron chi connectivity index (χ1n) is 6.68. The van der Waals surface area contributed by atoms with Gasteiger partial charge in [0.05, 0.1) is 7.11 Å². The van der Waals surface area contributed by atoms with Gasteiger partial charge in [0.15, 0.2) is 18.1 Å². The van der Waals surface area contributed by atoms with Crippen LogP contribution in [0.5, 0.6) is 11.5 Å². The second kappa shape index (κ2) is 6.20. The van der Waals surface area contributed by atoms with Crippen LogP contribution in [0.15, 0.2) is 18.2 Å². The Balaban J connectivity index is 1.97. The Morgan fingerprint density at radius 1 is 1.32 bits per heavy atom. The maximum atomic E-state index is 12.9. The Morgan fingerprint density at radius 3 is 2.72 bits per heavy atom. The molecular formula is C13H10F3N5O3S. The number of methoxy groups -OCH3 is 1. The Morgan fingerprint density at radius 2 is 2.08 bits per heavy atom. The van der Waals surface area contributed by atoms with Crippen LogP contribution in [-0.4, -0.2) is 39.4 Å². The lowest BCUT2D eigenvalue weighted by atomic mass is 10.2. The smallest absolute Gasteiger partial charge is 0.453 e. The maximum absolute atomic E-state index is 12.9. The summed E-state index contributed by atoms with van der Waals surface area (Å²) in [5.74, 6) is -1.30. The molecule has 0 aliphatic rings. The van der Waals surface area contributed by atoms with E-state index < -0.39 is 17.9 Å². The van der Waals surface area contributed by atoms with Crippen LogP contribution in [0, 0.1) is 0 Å². The minimum absolute atomic E-state index is 0.00958. The molecule has 8 nitrogen and oxygen atoms in total. The normalized spacial score (nSPS) is 11.7. The minimum atomic E-state index is -4.66. The number of carbonyl (C=O) groups excluding carboxylic acids is 1. The van der Waals surface area contributed by atoms with Gasteiger partial charge < -0.3 is 15.2 Å². The highest BCUT2D eigenvalue weighted by atomic mass is 32.1. The number of aromatic nitrogens is 4. The number of halogens is 3. The highest BCUT2D eigenvalue weighted by Gasteiger charge is 2.38. The molecule has 2 N–H and O–H groups in total. The van der Waals surface area contributed by atoms with Crippen LogP contribution >= 0.6 is 11.3 Å². The molecule has 132 valence electrons. The monoisotopic (exact) mass is 373 g/mol. The number of hydrogen-bond acceptors (Lipinski definition) is 7. The predicted molar refractivity (Wildman–Crippen MR) is 80.3 cm³/mol. The van der Waals surface area contributed by atoms with Gasteiger partial charge in [0.25, 0.3) is 11.7 Å². The largest absolute Gasteiger partial charge is 0.493 e. The van der Waals surface area contributed by atoms with Gasteiger partial charge in [-0.2, -0.15) is 22.8 Å². The molecule has 2 heterocycles. The van der Waals surface area contributed by atoms with Crippen molar-refractivity contribution >= 4 is 22.2 Å². The molecule has 1 amide bonds. The molecule has 0 aliphatic heterocycles. The van der Waals surface area contributed by atoms with Gasteiger partial charge >= 0.3 is 6.18 Å². The standard InChI is InChI=1S/C13H10F3N5O3S/c1-23-8-4-6(2-3-7(8)24-5-9(17)22)10-20-21-11(13(14,15)16)18-19-12(21)25-10/h2-4H,5H2,1H3,(H2,17,22). The van der Waals surface area contributed by atoms with E-state index in [0.29, 0.717) is 10.1 Å². The second-order valence-electron chi connectivity index (χ2n) is 4.74. The third-order valence-electron chi connectivity index (χ3n) is 3.02. The molecule has 2 aromatic heterocycles. The molecule has 0 unspecified atom stereocenters. The van der Waals surface area contributed by atoms with Gasteiger partial charge in [-0.25, -0.2) is 0 Å². The first-order valence-corrected chi connectivity index (χ1v) is 7.50. The Bertz CT molecular complexity index is 937. The summed E-state index contributed by atoms with van der Waals surface area (Å²) in [7, 11) is 1.39. The summed E-state index contributed by atoms with van der Waals surface area (Å²) in [6.07, 6.45) is -4.66. The van der Waals surface area contributed by atoms with E-state index >= 15 is 0 Å². The number of amides is 1. The quantitative estimate of drug-likeness (QED) is 0.731. The zero-order chi connectivity index (χ0) is 18.2. The number of primary amides is 1. The third kappa shape index (κ3) is 3.33. The average molecular weight is 373 g/mol. The summed E-state index contributed by atoms with van der Waals surface area (Å²) in [6.45, 7) is -0.332. The highest BCUT2D eigenvalue weighted by molar-refractivity contribution is 7.19. The third-order valence-corrected chi connectivity index (χ3v) is 3.97. The predicted octanol–water partition coefficient (Wildman–Crippen LogP) is 1.74. The number of nitrogens with zero attached hydrogens (tertiary/aromatic N) is 4. The average Bonchev–Trinajstić information content (AvgIpc) is 3.11. The lowest BCUT2D eigenvalue weighted by Gasteiger charge is -2.10. The topological polar surface area (TPSA) is 105 Å². The molecule has 0 bridgehead atoms. The number of fused-ring (bicyclic) bond motifs is 1. The molecule has 0 radical (unpaired) electrons. The van der Waals surface area contributed by atoms with Crippen molar-refractivity contribution in [2.24, 2.45) is 5.73 Å². The van der Waals surface area contributed by atoms with Crippen molar-refractivity contribution in [3.8, 4) is 22.1 Å². The van der Waals surface area contributed by atoms with E-state index in [1.54, 1.807) is 6.07 Å². The van der Waals surface area contributed by atoms with Gasteiger partial charge in [0.1, 0.15) is 5.01 Å². The number of rotatable bonds is 5. The van der Waals surface area contributed by atoms with E-state index in [1.807, 2.05) is 0 Å². The van der Waals surface area contributed by atoms with Gasteiger partial charge in [0, 0.05) is 5.56 Å². The molecule has 0 saturated heterocycles. The summed E-state index contributed by atoms with van der Waals surface area (Å²) >= 11 is 0.938. The maximum Gasteiger partial charge on any atom is 0.453 e. The highest BCUT2D eigenvalue weighted by Crippen LogP contribution is 2.35. The molecule has 12 heteroatoms. The number of nitrogens with two attached hydrogens (primary N) is 1. The van der Waals surface area contributed by atoms with Gasteiger partial charge in [-0.15, -0.1) is 10.2 Å². The number of benzene rings is 1. The zero-order valence-electron chi connectivity index (χ0n) is 12.6. The lowest BCUT2D eigenvalue weighted by molar-refractivity contribution is -0.146. The van der Waals surface area contributed by atoms with Gasteiger partial charge in [-0.1, -0.05) is 11.3 Å². The van der Waals surface area contributed by atoms with E-state index in [2.05, 4.69) is 15.3 Å². The van der Waals surface area contributed by atoms with E-state index in [-0.39, 0.29) is 28.1 Å². The Kier molecular flexibility index (Phi) is 4.20. The molecule has 0 atom stereocenters. The first kappa shape index (κ1) is 17.0. The molecular weight excluding hydrogens is 363 g/mol. The van der Waals surface area contributed by atoms with Gasteiger partial charge in [0.2, 0.25) is 4.96 Å². The van der Waals surface area contributed by atoms with Crippen LogP contribution in [0.2, 0.25) is 0 Å². The second-order valence-corrected chi connectivity index (χ2v) is 5.70. The molecule has 3 aromatic rings. The first-order chi connectivity index (χ1) is 11.8. The lowest BCUT2D eigenvalue weighted by Crippen LogP contribution is -2.20. The zero-order valence-corrected chi connectivity index (χ0v) is 13.4. The fourth-order valence-corrected chi connectivity index (χ4v) is 2.81. The van der Waals surface area contributed by atoms with Crippen LogP contribution < -0.4 is 15.2 Å². The van der Waals surface area contributed by atoms with E-state index in [4.69, 9.17) is 15.2 Å². The fourth-order valence-electron chi connectivity index (χ4n) is 1.98. The summed E-state index contributed by atoms with van der Waals surface area (Å²) in [4.78, 5) is 10.8. The molecule has 0 aliphatic carbocycles. The SMILES string of the molecule is COc1cc(-c2nn3c(C(F)(F)F)nnc3s2)ccc1OCC(N)=O. The van der Waals surface area contributed by atoms with Crippen molar-refractivity contribution in [2.75, 3.05) is 13.7 Å². The van der Waals surface area contributed by atoms with Gasteiger partial charge in [-0.3, -0.25) is 4.79 Å². The number of carbonyl (C=O) groups is 1.